The molecule has 7 heteroatoms. The summed E-state index contributed by atoms with van der Waals surface area (Å²) in [5.41, 5.74) is 1.44. The highest BCUT2D eigenvalue weighted by atomic mass is 79.9. The number of rotatable bonds is 2. The Labute approximate surface area is 163 Å². The standard InChI is InChI=1S/C20H16BrF2N3O/c21-14-8-6-13(7-9-14)19-17-5-2-10-25(17)11-12-26(19)20(27)24-18-15(22)3-1-4-16(18)23/h1-10,19H,11-12H2,(H,24,27)/t19-/m0/s1. The van der Waals surface area contributed by atoms with Crippen LogP contribution in [0, 0.1) is 11.6 Å². The van der Waals surface area contributed by atoms with E-state index >= 15 is 0 Å². The molecule has 0 unspecified atom stereocenters. The Morgan fingerprint density at radius 2 is 1.70 bits per heavy atom. The van der Waals surface area contributed by atoms with Gasteiger partial charge in [-0.25, -0.2) is 13.6 Å². The van der Waals surface area contributed by atoms with Crippen LogP contribution in [0.2, 0.25) is 0 Å². The summed E-state index contributed by atoms with van der Waals surface area (Å²) >= 11 is 3.42. The first-order valence-electron chi connectivity index (χ1n) is 8.47. The average Bonchev–Trinajstić information content (AvgIpc) is 3.13. The van der Waals surface area contributed by atoms with Crippen molar-refractivity contribution in [2.24, 2.45) is 0 Å². The number of urea groups is 1. The molecule has 1 aliphatic heterocycles. The summed E-state index contributed by atoms with van der Waals surface area (Å²) in [6.45, 7) is 1.03. The number of hydrogen-bond acceptors (Lipinski definition) is 1. The van der Waals surface area contributed by atoms with Crippen LogP contribution in [0.4, 0.5) is 19.3 Å². The highest BCUT2D eigenvalue weighted by Crippen LogP contribution is 2.33. The van der Waals surface area contributed by atoms with E-state index in [1.54, 1.807) is 4.90 Å². The maximum atomic E-state index is 13.9. The van der Waals surface area contributed by atoms with Crippen LogP contribution >= 0.6 is 15.9 Å². The highest BCUT2D eigenvalue weighted by molar-refractivity contribution is 9.10. The summed E-state index contributed by atoms with van der Waals surface area (Å²) in [6.07, 6.45) is 1.97. The Morgan fingerprint density at radius 3 is 2.41 bits per heavy atom. The van der Waals surface area contributed by atoms with E-state index in [0.29, 0.717) is 13.1 Å². The zero-order chi connectivity index (χ0) is 19.0. The molecule has 1 aliphatic rings. The van der Waals surface area contributed by atoms with Gasteiger partial charge >= 0.3 is 6.03 Å². The maximum absolute atomic E-state index is 13.9. The number of aromatic nitrogens is 1. The van der Waals surface area contributed by atoms with Gasteiger partial charge in [0, 0.05) is 29.5 Å². The fraction of sp³-hybridized carbons (Fsp3) is 0.150. The van der Waals surface area contributed by atoms with Crippen LogP contribution < -0.4 is 5.32 Å². The highest BCUT2D eigenvalue weighted by Gasteiger charge is 2.32. The lowest BCUT2D eigenvalue weighted by Crippen LogP contribution is -2.44. The minimum absolute atomic E-state index is 0.350. The fourth-order valence-corrected chi connectivity index (χ4v) is 3.66. The second-order valence-electron chi connectivity index (χ2n) is 6.30. The van der Waals surface area contributed by atoms with Crippen molar-refractivity contribution in [3.8, 4) is 0 Å². The number of nitrogens with one attached hydrogen (secondary N) is 1. The predicted octanol–water partition coefficient (Wildman–Crippen LogP) is 5.17. The van der Waals surface area contributed by atoms with Crippen molar-refractivity contribution in [1.29, 1.82) is 0 Å². The molecule has 27 heavy (non-hydrogen) atoms. The first-order valence-corrected chi connectivity index (χ1v) is 9.26. The SMILES string of the molecule is O=C(Nc1c(F)cccc1F)N1CCn2cccc2[C@@H]1c1ccc(Br)cc1. The van der Waals surface area contributed by atoms with E-state index in [4.69, 9.17) is 0 Å². The van der Waals surface area contributed by atoms with E-state index in [-0.39, 0.29) is 6.04 Å². The van der Waals surface area contributed by atoms with Crippen molar-refractivity contribution in [1.82, 2.24) is 9.47 Å². The topological polar surface area (TPSA) is 37.3 Å². The number of fused-ring (bicyclic) bond motifs is 1. The van der Waals surface area contributed by atoms with Crippen LogP contribution in [-0.2, 0) is 6.54 Å². The van der Waals surface area contributed by atoms with E-state index in [2.05, 4.69) is 25.8 Å². The van der Waals surface area contributed by atoms with E-state index in [0.717, 1.165) is 27.9 Å². The van der Waals surface area contributed by atoms with Gasteiger partial charge in [0.1, 0.15) is 17.3 Å². The zero-order valence-electron chi connectivity index (χ0n) is 14.2. The van der Waals surface area contributed by atoms with Gasteiger partial charge in [-0.1, -0.05) is 34.1 Å². The molecule has 0 bridgehead atoms. The second-order valence-corrected chi connectivity index (χ2v) is 7.22. The number of hydrogen-bond donors (Lipinski definition) is 1. The Morgan fingerprint density at radius 1 is 1.00 bits per heavy atom. The van der Waals surface area contributed by atoms with Gasteiger partial charge in [0.15, 0.2) is 0 Å². The largest absolute Gasteiger partial charge is 0.348 e. The Bertz CT molecular complexity index is 967. The van der Waals surface area contributed by atoms with E-state index in [1.165, 1.54) is 6.07 Å². The van der Waals surface area contributed by atoms with Crippen molar-refractivity contribution in [2.45, 2.75) is 12.6 Å². The number of halogens is 3. The Kier molecular flexibility index (Phi) is 4.70. The lowest BCUT2D eigenvalue weighted by atomic mass is 10.0. The molecular weight excluding hydrogens is 416 g/mol. The van der Waals surface area contributed by atoms with Gasteiger partial charge in [-0.3, -0.25) is 0 Å². The van der Waals surface area contributed by atoms with Gasteiger partial charge < -0.3 is 14.8 Å². The summed E-state index contributed by atoms with van der Waals surface area (Å²) in [7, 11) is 0. The van der Waals surface area contributed by atoms with Gasteiger partial charge in [0.25, 0.3) is 0 Å². The van der Waals surface area contributed by atoms with E-state index in [9.17, 15) is 13.6 Å². The van der Waals surface area contributed by atoms with Crippen molar-refractivity contribution in [3.63, 3.8) is 0 Å². The van der Waals surface area contributed by atoms with Crippen molar-refractivity contribution in [2.75, 3.05) is 11.9 Å². The Hall–Kier alpha value is -2.67. The van der Waals surface area contributed by atoms with Crippen LogP contribution in [0.5, 0.6) is 0 Å². The molecule has 0 saturated heterocycles. The molecule has 1 atom stereocenters. The summed E-state index contributed by atoms with van der Waals surface area (Å²) in [5.74, 6) is -1.60. The zero-order valence-corrected chi connectivity index (χ0v) is 15.8. The number of para-hydroxylation sites is 1. The monoisotopic (exact) mass is 431 g/mol. The first-order chi connectivity index (χ1) is 13.0. The van der Waals surface area contributed by atoms with E-state index in [1.807, 2.05) is 42.6 Å². The quantitative estimate of drug-likeness (QED) is 0.597. The molecule has 2 amide bonds. The van der Waals surface area contributed by atoms with Crippen LogP contribution in [0.15, 0.2) is 65.3 Å². The van der Waals surface area contributed by atoms with Gasteiger partial charge in [0.2, 0.25) is 0 Å². The first kappa shape index (κ1) is 17.7. The Balaban J connectivity index is 1.70. The molecule has 1 N–H and O–H groups in total. The summed E-state index contributed by atoms with van der Waals surface area (Å²) in [4.78, 5) is 14.5. The number of nitrogens with zero attached hydrogens (tertiary/aromatic N) is 2. The summed E-state index contributed by atoms with van der Waals surface area (Å²) in [5, 5.41) is 2.40. The lowest BCUT2D eigenvalue weighted by molar-refractivity contribution is 0.181. The van der Waals surface area contributed by atoms with Crippen molar-refractivity contribution < 1.29 is 13.6 Å². The molecule has 0 radical (unpaired) electrons. The summed E-state index contributed by atoms with van der Waals surface area (Å²) in [6, 6.07) is 14.2. The average molecular weight is 432 g/mol. The number of carbonyl (C=O) groups is 1. The molecular formula is C20H16BrF2N3O. The second kappa shape index (κ2) is 7.15. The molecule has 1 aromatic heterocycles. The third-order valence-electron chi connectivity index (χ3n) is 4.68. The molecule has 138 valence electrons. The molecule has 2 heterocycles. The molecule has 2 aromatic carbocycles. The minimum atomic E-state index is -0.802. The van der Waals surface area contributed by atoms with Crippen LogP contribution in [0.25, 0.3) is 0 Å². The number of anilines is 1. The fourth-order valence-electron chi connectivity index (χ4n) is 3.39. The van der Waals surface area contributed by atoms with Crippen molar-refractivity contribution in [3.05, 3.63) is 88.2 Å². The molecule has 4 nitrogen and oxygen atoms in total. The lowest BCUT2D eigenvalue weighted by Gasteiger charge is -2.37. The maximum Gasteiger partial charge on any atom is 0.322 e. The van der Waals surface area contributed by atoms with Gasteiger partial charge in [0.05, 0.1) is 6.04 Å². The van der Waals surface area contributed by atoms with Crippen LogP contribution in [0.1, 0.15) is 17.3 Å². The third kappa shape index (κ3) is 3.35. The molecule has 3 aromatic rings. The van der Waals surface area contributed by atoms with E-state index < -0.39 is 23.4 Å². The number of amides is 2. The minimum Gasteiger partial charge on any atom is -0.348 e. The molecule has 4 rings (SSSR count). The van der Waals surface area contributed by atoms with Crippen molar-refractivity contribution >= 4 is 27.6 Å². The van der Waals surface area contributed by atoms with Crippen LogP contribution in [-0.4, -0.2) is 22.0 Å². The summed E-state index contributed by atoms with van der Waals surface area (Å²) < 4.78 is 30.9. The van der Waals surface area contributed by atoms with Gasteiger partial charge in [-0.15, -0.1) is 0 Å². The normalized spacial score (nSPS) is 16.1. The molecule has 0 saturated carbocycles. The predicted molar refractivity (Wildman–Crippen MR) is 102 cm³/mol. The molecule has 0 spiro atoms. The number of benzene rings is 2. The number of carbonyl (C=O) groups excluding carboxylic acids is 1. The molecule has 0 fully saturated rings. The molecule has 0 aliphatic carbocycles. The smallest absolute Gasteiger partial charge is 0.322 e. The van der Waals surface area contributed by atoms with Gasteiger partial charge in [-0.05, 0) is 42.0 Å². The third-order valence-corrected chi connectivity index (χ3v) is 5.21. The van der Waals surface area contributed by atoms with Crippen LogP contribution in [0.3, 0.4) is 0 Å². The van der Waals surface area contributed by atoms with Gasteiger partial charge in [-0.2, -0.15) is 0 Å².